The van der Waals surface area contributed by atoms with Crippen LogP contribution in [0.3, 0.4) is 0 Å². The van der Waals surface area contributed by atoms with Gasteiger partial charge in [0.1, 0.15) is 10.8 Å². The van der Waals surface area contributed by atoms with E-state index in [2.05, 4.69) is 20.3 Å². The zero-order chi connectivity index (χ0) is 11.5. The van der Waals surface area contributed by atoms with Crippen LogP contribution in [-0.2, 0) is 0 Å². The van der Waals surface area contributed by atoms with Crippen LogP contribution >= 0.6 is 22.9 Å². The molecule has 2 aromatic heterocycles. The van der Waals surface area contributed by atoms with Crippen molar-refractivity contribution in [1.29, 1.82) is 0 Å². The fraction of sp³-hybridized carbons (Fsp3) is 0.111. The van der Waals surface area contributed by atoms with Gasteiger partial charge in [0.05, 0.1) is 18.1 Å². The molecule has 0 bridgehead atoms. The SMILES string of the molecule is Cc1csc(NC(=O)c2cncc(Cl)n2)n1. The highest BCUT2D eigenvalue weighted by molar-refractivity contribution is 7.13. The molecule has 0 radical (unpaired) electrons. The highest BCUT2D eigenvalue weighted by Gasteiger charge is 2.10. The van der Waals surface area contributed by atoms with Crippen molar-refractivity contribution in [1.82, 2.24) is 15.0 Å². The zero-order valence-electron chi connectivity index (χ0n) is 8.27. The van der Waals surface area contributed by atoms with Crippen LogP contribution in [0.25, 0.3) is 0 Å². The third-order valence-corrected chi connectivity index (χ3v) is 2.73. The summed E-state index contributed by atoms with van der Waals surface area (Å²) < 4.78 is 0. The summed E-state index contributed by atoms with van der Waals surface area (Å²) in [4.78, 5) is 23.4. The van der Waals surface area contributed by atoms with Crippen molar-refractivity contribution in [2.24, 2.45) is 0 Å². The van der Waals surface area contributed by atoms with Gasteiger partial charge in [-0.1, -0.05) is 11.6 Å². The molecule has 0 aliphatic carbocycles. The summed E-state index contributed by atoms with van der Waals surface area (Å²) in [6, 6.07) is 0. The Hall–Kier alpha value is -1.53. The summed E-state index contributed by atoms with van der Waals surface area (Å²) in [6.45, 7) is 1.85. The second kappa shape index (κ2) is 4.54. The maximum absolute atomic E-state index is 11.7. The van der Waals surface area contributed by atoms with Crippen LogP contribution in [0.5, 0.6) is 0 Å². The molecule has 0 saturated heterocycles. The van der Waals surface area contributed by atoms with E-state index in [1.807, 2.05) is 12.3 Å². The summed E-state index contributed by atoms with van der Waals surface area (Å²) in [7, 11) is 0. The number of halogens is 1. The molecule has 0 aliphatic rings. The van der Waals surface area contributed by atoms with Gasteiger partial charge in [-0.3, -0.25) is 15.1 Å². The van der Waals surface area contributed by atoms with Crippen LogP contribution < -0.4 is 5.32 Å². The summed E-state index contributed by atoms with van der Waals surface area (Å²) in [5, 5.41) is 5.18. The van der Waals surface area contributed by atoms with Gasteiger partial charge in [-0.05, 0) is 6.92 Å². The van der Waals surface area contributed by atoms with E-state index in [0.717, 1.165) is 5.69 Å². The molecule has 0 aliphatic heterocycles. The Morgan fingerprint density at radius 3 is 2.88 bits per heavy atom. The molecule has 82 valence electrons. The van der Waals surface area contributed by atoms with E-state index >= 15 is 0 Å². The maximum Gasteiger partial charge on any atom is 0.277 e. The highest BCUT2D eigenvalue weighted by Crippen LogP contribution is 2.15. The first-order valence-corrected chi connectivity index (χ1v) is 5.62. The number of thiazole rings is 1. The van der Waals surface area contributed by atoms with Gasteiger partial charge in [0.2, 0.25) is 0 Å². The van der Waals surface area contributed by atoms with E-state index in [0.29, 0.717) is 5.13 Å². The van der Waals surface area contributed by atoms with Crippen LogP contribution in [0, 0.1) is 6.92 Å². The Labute approximate surface area is 101 Å². The van der Waals surface area contributed by atoms with E-state index in [4.69, 9.17) is 11.6 Å². The molecular weight excluding hydrogens is 248 g/mol. The van der Waals surface area contributed by atoms with E-state index < -0.39 is 0 Å². The summed E-state index contributed by atoms with van der Waals surface area (Å²) >= 11 is 6.98. The van der Waals surface area contributed by atoms with Crippen molar-refractivity contribution >= 4 is 34.0 Å². The Bertz CT molecular complexity index is 528. The minimum Gasteiger partial charge on any atom is -0.296 e. The van der Waals surface area contributed by atoms with Crippen molar-refractivity contribution in [2.75, 3.05) is 5.32 Å². The number of hydrogen-bond acceptors (Lipinski definition) is 5. The maximum atomic E-state index is 11.7. The molecule has 0 aromatic carbocycles. The van der Waals surface area contributed by atoms with Crippen molar-refractivity contribution in [2.45, 2.75) is 6.92 Å². The van der Waals surface area contributed by atoms with Gasteiger partial charge >= 0.3 is 0 Å². The van der Waals surface area contributed by atoms with Crippen LogP contribution in [0.2, 0.25) is 5.15 Å². The second-order valence-corrected chi connectivity index (χ2v) is 4.22. The van der Waals surface area contributed by atoms with Gasteiger partial charge in [-0.2, -0.15) is 0 Å². The van der Waals surface area contributed by atoms with Crippen LogP contribution in [0.4, 0.5) is 5.13 Å². The molecule has 0 atom stereocenters. The molecule has 0 spiro atoms. The lowest BCUT2D eigenvalue weighted by molar-refractivity contribution is 0.102. The van der Waals surface area contributed by atoms with Gasteiger partial charge in [0.25, 0.3) is 5.91 Å². The molecule has 1 N–H and O–H groups in total. The normalized spacial score (nSPS) is 10.1. The van der Waals surface area contributed by atoms with Gasteiger partial charge in [-0.25, -0.2) is 9.97 Å². The molecule has 7 heteroatoms. The predicted octanol–water partition coefficient (Wildman–Crippen LogP) is 2.15. The number of carbonyl (C=O) groups excluding carboxylic acids is 1. The van der Waals surface area contributed by atoms with E-state index in [1.54, 1.807) is 0 Å². The van der Waals surface area contributed by atoms with Gasteiger partial charge < -0.3 is 0 Å². The van der Waals surface area contributed by atoms with Gasteiger partial charge in [0.15, 0.2) is 5.13 Å². The number of aromatic nitrogens is 3. The lowest BCUT2D eigenvalue weighted by Gasteiger charge is -2.00. The third-order valence-electron chi connectivity index (χ3n) is 1.68. The predicted molar refractivity (Wildman–Crippen MR) is 61.8 cm³/mol. The van der Waals surface area contributed by atoms with E-state index in [-0.39, 0.29) is 16.8 Å². The van der Waals surface area contributed by atoms with Crippen LogP contribution in [-0.4, -0.2) is 20.9 Å². The quantitative estimate of drug-likeness (QED) is 0.892. The molecular formula is C9H7ClN4OS. The van der Waals surface area contributed by atoms with Crippen molar-refractivity contribution in [3.05, 3.63) is 34.3 Å². The molecule has 2 heterocycles. The Morgan fingerprint density at radius 1 is 1.44 bits per heavy atom. The fourth-order valence-corrected chi connectivity index (χ4v) is 1.85. The standard InChI is InChI=1S/C9H7ClN4OS/c1-5-4-16-9(12-5)14-8(15)6-2-11-3-7(10)13-6/h2-4H,1H3,(H,12,14,15). The number of nitrogens with zero attached hydrogens (tertiary/aromatic N) is 3. The first-order valence-electron chi connectivity index (χ1n) is 4.36. The monoisotopic (exact) mass is 254 g/mol. The number of aryl methyl sites for hydroxylation is 1. The van der Waals surface area contributed by atoms with Crippen molar-refractivity contribution in [3.63, 3.8) is 0 Å². The zero-order valence-corrected chi connectivity index (χ0v) is 9.84. The Morgan fingerprint density at radius 2 is 2.25 bits per heavy atom. The molecule has 2 aromatic rings. The van der Waals surface area contributed by atoms with Crippen LogP contribution in [0.1, 0.15) is 16.2 Å². The number of nitrogens with one attached hydrogen (secondary N) is 1. The van der Waals surface area contributed by atoms with Crippen molar-refractivity contribution < 1.29 is 4.79 Å². The fourth-order valence-electron chi connectivity index (χ4n) is 1.02. The van der Waals surface area contributed by atoms with E-state index in [1.165, 1.54) is 23.7 Å². The minimum atomic E-state index is -0.371. The molecule has 0 saturated carbocycles. The van der Waals surface area contributed by atoms with Crippen molar-refractivity contribution in [3.8, 4) is 0 Å². The largest absolute Gasteiger partial charge is 0.296 e. The van der Waals surface area contributed by atoms with E-state index in [9.17, 15) is 4.79 Å². The second-order valence-electron chi connectivity index (χ2n) is 2.98. The molecule has 16 heavy (non-hydrogen) atoms. The first kappa shape index (κ1) is 11.0. The summed E-state index contributed by atoms with van der Waals surface area (Å²) in [6.07, 6.45) is 2.72. The highest BCUT2D eigenvalue weighted by atomic mass is 35.5. The first-order chi connectivity index (χ1) is 7.65. The number of carbonyl (C=O) groups is 1. The number of amides is 1. The van der Waals surface area contributed by atoms with Gasteiger partial charge in [0, 0.05) is 5.38 Å². The average Bonchev–Trinajstić information content (AvgIpc) is 2.64. The molecule has 1 amide bonds. The number of anilines is 1. The third kappa shape index (κ3) is 2.53. The number of rotatable bonds is 2. The molecule has 5 nitrogen and oxygen atoms in total. The smallest absolute Gasteiger partial charge is 0.277 e. The Kier molecular flexibility index (Phi) is 3.12. The minimum absolute atomic E-state index is 0.167. The number of hydrogen-bond donors (Lipinski definition) is 1. The molecule has 0 fully saturated rings. The van der Waals surface area contributed by atoms with Crippen LogP contribution in [0.15, 0.2) is 17.8 Å². The van der Waals surface area contributed by atoms with Gasteiger partial charge in [-0.15, -0.1) is 11.3 Å². The Balaban J connectivity index is 2.14. The molecule has 0 unspecified atom stereocenters. The summed E-state index contributed by atoms with van der Waals surface area (Å²) in [5.74, 6) is -0.371. The lowest BCUT2D eigenvalue weighted by atomic mass is 10.4. The topological polar surface area (TPSA) is 67.8 Å². The molecule has 2 rings (SSSR count). The lowest BCUT2D eigenvalue weighted by Crippen LogP contribution is -2.13. The average molecular weight is 255 g/mol. The summed E-state index contributed by atoms with van der Waals surface area (Å²) in [5.41, 5.74) is 1.03.